The Labute approximate surface area is 116 Å². The van der Waals surface area contributed by atoms with E-state index in [9.17, 15) is 4.79 Å². The average molecular weight is 322 g/mol. The van der Waals surface area contributed by atoms with Gasteiger partial charge in [0.15, 0.2) is 0 Å². The van der Waals surface area contributed by atoms with E-state index >= 15 is 0 Å². The first-order valence-electron chi connectivity index (χ1n) is 5.07. The summed E-state index contributed by atoms with van der Waals surface area (Å²) in [5.74, 6) is -0.198. The number of pyridine rings is 1. The number of nitrogens with one attached hydrogen (secondary N) is 1. The monoisotopic (exact) mass is 321 g/mol. The molecule has 0 fully saturated rings. The topological polar surface area (TPSA) is 65.8 Å². The number of aromatic nitrogens is 1. The van der Waals surface area contributed by atoms with E-state index in [1.165, 1.54) is 12.3 Å². The molecule has 0 saturated heterocycles. The van der Waals surface area contributed by atoms with Crippen LogP contribution in [0.1, 0.15) is 20.9 Å². The van der Waals surface area contributed by atoms with Crippen LogP contribution in [0.4, 0.5) is 0 Å². The molecule has 0 saturated carbocycles. The van der Waals surface area contributed by atoms with Crippen molar-refractivity contribution in [3.8, 4) is 6.07 Å². The molecule has 2 aromatic heterocycles. The number of nitrogens with zero attached hydrogens (tertiary/aromatic N) is 2. The zero-order valence-electron chi connectivity index (χ0n) is 9.18. The quantitative estimate of drug-likeness (QED) is 0.945. The second kappa shape index (κ2) is 5.76. The average Bonchev–Trinajstić information content (AvgIpc) is 2.82. The van der Waals surface area contributed by atoms with Crippen molar-refractivity contribution >= 4 is 33.2 Å². The van der Waals surface area contributed by atoms with Gasteiger partial charge >= 0.3 is 0 Å². The van der Waals surface area contributed by atoms with Crippen LogP contribution < -0.4 is 5.32 Å². The van der Waals surface area contributed by atoms with Crippen LogP contribution in [0.5, 0.6) is 0 Å². The van der Waals surface area contributed by atoms with Crippen LogP contribution in [0.15, 0.2) is 34.2 Å². The Hall–Kier alpha value is -1.71. The Bertz CT molecular complexity index is 601. The van der Waals surface area contributed by atoms with Gasteiger partial charge in [-0.3, -0.25) is 4.79 Å². The SMILES string of the molecule is N#Cc1ccc(C(=O)NCc2ccc(Br)s2)cn1. The predicted molar refractivity (Wildman–Crippen MR) is 72.1 cm³/mol. The third-order valence-electron chi connectivity index (χ3n) is 2.19. The van der Waals surface area contributed by atoms with Gasteiger partial charge in [-0.25, -0.2) is 4.98 Å². The summed E-state index contributed by atoms with van der Waals surface area (Å²) >= 11 is 4.94. The summed E-state index contributed by atoms with van der Waals surface area (Å²) in [7, 11) is 0. The van der Waals surface area contributed by atoms with E-state index in [0.717, 1.165) is 8.66 Å². The van der Waals surface area contributed by atoms with Crippen molar-refractivity contribution in [2.45, 2.75) is 6.54 Å². The number of hydrogen-bond donors (Lipinski definition) is 1. The van der Waals surface area contributed by atoms with Crippen LogP contribution in [0.3, 0.4) is 0 Å². The molecular weight excluding hydrogens is 314 g/mol. The summed E-state index contributed by atoms with van der Waals surface area (Å²) in [6.45, 7) is 0.481. The zero-order valence-corrected chi connectivity index (χ0v) is 11.6. The summed E-state index contributed by atoms with van der Waals surface area (Å²) in [5.41, 5.74) is 0.748. The molecule has 0 radical (unpaired) electrons. The van der Waals surface area contributed by atoms with Crippen LogP contribution in [0, 0.1) is 11.3 Å². The molecule has 0 aliphatic rings. The molecule has 0 bridgehead atoms. The molecule has 2 heterocycles. The Morgan fingerprint density at radius 1 is 1.44 bits per heavy atom. The van der Waals surface area contributed by atoms with Gasteiger partial charge in [0.2, 0.25) is 0 Å². The van der Waals surface area contributed by atoms with E-state index < -0.39 is 0 Å². The highest BCUT2D eigenvalue weighted by Crippen LogP contribution is 2.21. The van der Waals surface area contributed by atoms with Gasteiger partial charge in [0.1, 0.15) is 11.8 Å². The standard InChI is InChI=1S/C12H8BrN3OS/c13-11-4-3-10(18-11)7-16-12(17)8-1-2-9(5-14)15-6-8/h1-4,6H,7H2,(H,16,17). The maximum Gasteiger partial charge on any atom is 0.253 e. The Morgan fingerprint density at radius 2 is 2.28 bits per heavy atom. The molecule has 90 valence electrons. The summed E-state index contributed by atoms with van der Waals surface area (Å²) in [4.78, 5) is 16.7. The first kappa shape index (κ1) is 12.7. The summed E-state index contributed by atoms with van der Waals surface area (Å²) in [6, 6.07) is 8.91. The Balaban J connectivity index is 1.97. The van der Waals surface area contributed by atoms with E-state index in [1.807, 2.05) is 18.2 Å². The smallest absolute Gasteiger partial charge is 0.253 e. The highest BCUT2D eigenvalue weighted by Gasteiger charge is 2.06. The minimum absolute atomic E-state index is 0.198. The van der Waals surface area contributed by atoms with Crippen LogP contribution in [-0.2, 0) is 6.54 Å². The lowest BCUT2D eigenvalue weighted by Crippen LogP contribution is -2.22. The summed E-state index contributed by atoms with van der Waals surface area (Å²) in [5, 5.41) is 11.4. The number of rotatable bonds is 3. The predicted octanol–water partition coefficient (Wildman–Crippen LogP) is 2.71. The van der Waals surface area contributed by atoms with E-state index in [0.29, 0.717) is 17.8 Å². The van der Waals surface area contributed by atoms with Crippen molar-refractivity contribution in [1.29, 1.82) is 5.26 Å². The summed E-state index contributed by atoms with van der Waals surface area (Å²) < 4.78 is 1.03. The number of halogens is 1. The third-order valence-corrected chi connectivity index (χ3v) is 3.82. The lowest BCUT2D eigenvalue weighted by atomic mass is 10.2. The fourth-order valence-corrected chi connectivity index (χ4v) is 2.73. The molecule has 0 aliphatic heterocycles. The van der Waals surface area contributed by atoms with Crippen molar-refractivity contribution in [1.82, 2.24) is 10.3 Å². The van der Waals surface area contributed by atoms with Crippen LogP contribution in [-0.4, -0.2) is 10.9 Å². The van der Waals surface area contributed by atoms with E-state index in [1.54, 1.807) is 17.4 Å². The van der Waals surface area contributed by atoms with Gasteiger partial charge in [0.05, 0.1) is 15.9 Å². The Kier molecular flexibility index (Phi) is 4.07. The van der Waals surface area contributed by atoms with Crippen molar-refractivity contribution in [2.75, 3.05) is 0 Å². The molecule has 0 atom stereocenters. The number of carbonyl (C=O) groups is 1. The molecular formula is C12H8BrN3OS. The van der Waals surface area contributed by atoms with Gasteiger partial charge in [-0.2, -0.15) is 5.26 Å². The molecule has 0 spiro atoms. The zero-order chi connectivity index (χ0) is 13.0. The lowest BCUT2D eigenvalue weighted by molar-refractivity contribution is 0.0951. The molecule has 0 aliphatic carbocycles. The summed E-state index contributed by atoms with van der Waals surface area (Å²) in [6.07, 6.45) is 1.40. The van der Waals surface area contributed by atoms with Crippen molar-refractivity contribution in [2.24, 2.45) is 0 Å². The molecule has 4 nitrogen and oxygen atoms in total. The van der Waals surface area contributed by atoms with E-state index in [4.69, 9.17) is 5.26 Å². The van der Waals surface area contributed by atoms with Crippen molar-refractivity contribution in [3.63, 3.8) is 0 Å². The van der Waals surface area contributed by atoms with Crippen LogP contribution >= 0.6 is 27.3 Å². The largest absolute Gasteiger partial charge is 0.347 e. The molecule has 18 heavy (non-hydrogen) atoms. The van der Waals surface area contributed by atoms with Gasteiger partial charge in [0, 0.05) is 11.1 Å². The number of thiophene rings is 1. The van der Waals surface area contributed by atoms with Crippen molar-refractivity contribution in [3.05, 3.63) is 50.4 Å². The number of carbonyl (C=O) groups excluding carboxylic acids is 1. The highest BCUT2D eigenvalue weighted by molar-refractivity contribution is 9.11. The fourth-order valence-electron chi connectivity index (χ4n) is 1.31. The first-order chi connectivity index (χ1) is 8.69. The molecule has 0 unspecified atom stereocenters. The third kappa shape index (κ3) is 3.15. The number of nitriles is 1. The molecule has 0 aromatic carbocycles. The van der Waals surface area contributed by atoms with Gasteiger partial charge in [-0.05, 0) is 40.2 Å². The number of amides is 1. The van der Waals surface area contributed by atoms with Gasteiger partial charge in [-0.15, -0.1) is 11.3 Å². The van der Waals surface area contributed by atoms with E-state index in [-0.39, 0.29) is 5.91 Å². The van der Waals surface area contributed by atoms with Gasteiger partial charge < -0.3 is 5.32 Å². The lowest BCUT2D eigenvalue weighted by Gasteiger charge is -2.02. The normalized spacial score (nSPS) is 9.78. The fraction of sp³-hybridized carbons (Fsp3) is 0.0833. The van der Waals surface area contributed by atoms with Crippen LogP contribution in [0.25, 0.3) is 0 Å². The second-order valence-corrected chi connectivity index (χ2v) is 5.98. The van der Waals surface area contributed by atoms with Gasteiger partial charge in [-0.1, -0.05) is 0 Å². The molecule has 6 heteroatoms. The maximum atomic E-state index is 11.8. The molecule has 2 rings (SSSR count). The highest BCUT2D eigenvalue weighted by atomic mass is 79.9. The number of hydrogen-bond acceptors (Lipinski definition) is 4. The first-order valence-corrected chi connectivity index (χ1v) is 6.68. The van der Waals surface area contributed by atoms with Crippen LogP contribution in [0.2, 0.25) is 0 Å². The minimum atomic E-state index is -0.198. The Morgan fingerprint density at radius 3 is 2.83 bits per heavy atom. The minimum Gasteiger partial charge on any atom is -0.347 e. The maximum absolute atomic E-state index is 11.8. The molecule has 2 aromatic rings. The van der Waals surface area contributed by atoms with Crippen molar-refractivity contribution < 1.29 is 4.79 Å². The molecule has 1 N–H and O–H groups in total. The van der Waals surface area contributed by atoms with Gasteiger partial charge in [0.25, 0.3) is 5.91 Å². The second-order valence-electron chi connectivity index (χ2n) is 3.43. The van der Waals surface area contributed by atoms with E-state index in [2.05, 4.69) is 26.2 Å². The molecule has 1 amide bonds.